The van der Waals surface area contributed by atoms with Crippen molar-refractivity contribution in [2.75, 3.05) is 6.61 Å². The average molecular weight is 429 g/mol. The number of hydrazone groups is 1. The highest BCUT2D eigenvalue weighted by Gasteiger charge is 2.02. The van der Waals surface area contributed by atoms with Gasteiger partial charge in [0, 0.05) is 10.0 Å². The molecule has 0 aliphatic heterocycles. The van der Waals surface area contributed by atoms with Gasteiger partial charge in [-0.05, 0) is 71.8 Å². The molecule has 3 aromatic rings. The molecule has 148 valence electrons. The lowest BCUT2D eigenvalue weighted by Gasteiger charge is -2.07. The molecule has 3 aromatic carbocycles. The molecule has 0 fully saturated rings. The van der Waals surface area contributed by atoms with Crippen LogP contribution in [-0.4, -0.2) is 18.7 Å². The second kappa shape index (κ2) is 10.5. The Morgan fingerprint density at radius 3 is 2.31 bits per heavy atom. The Morgan fingerprint density at radius 1 is 0.897 bits per heavy atom. The number of hydrogen-bond acceptors (Lipinski definition) is 4. The Morgan fingerprint density at radius 2 is 1.59 bits per heavy atom. The van der Waals surface area contributed by atoms with E-state index in [1.165, 1.54) is 0 Å². The normalized spacial score (nSPS) is 10.7. The molecular weight excluding hydrogens is 411 g/mol. The van der Waals surface area contributed by atoms with Gasteiger partial charge in [-0.3, -0.25) is 4.79 Å². The monoisotopic (exact) mass is 428 g/mol. The topological polar surface area (TPSA) is 59.9 Å². The summed E-state index contributed by atoms with van der Waals surface area (Å²) in [7, 11) is 0. The van der Waals surface area contributed by atoms with Gasteiger partial charge in [0.2, 0.25) is 0 Å². The summed E-state index contributed by atoms with van der Waals surface area (Å²) in [6.45, 7) is 0.285. The number of amides is 1. The summed E-state index contributed by atoms with van der Waals surface area (Å²) in [5.41, 5.74) is 4.23. The molecule has 0 unspecified atom stereocenters. The highest BCUT2D eigenvalue weighted by Crippen LogP contribution is 2.16. The fourth-order valence-corrected chi connectivity index (χ4v) is 2.67. The molecule has 0 spiro atoms. The van der Waals surface area contributed by atoms with Crippen LogP contribution in [0.1, 0.15) is 11.1 Å². The second-order valence-corrected chi connectivity index (χ2v) is 6.90. The number of halogens is 2. The molecular formula is C22H18Cl2N2O3. The predicted octanol–water partition coefficient (Wildman–Crippen LogP) is 5.10. The van der Waals surface area contributed by atoms with Gasteiger partial charge in [0.1, 0.15) is 18.1 Å². The quantitative estimate of drug-likeness (QED) is 0.400. The first-order valence-electron chi connectivity index (χ1n) is 8.76. The third-order valence-electron chi connectivity index (χ3n) is 3.76. The predicted molar refractivity (Wildman–Crippen MR) is 115 cm³/mol. The van der Waals surface area contributed by atoms with E-state index in [-0.39, 0.29) is 12.5 Å². The molecule has 0 radical (unpaired) electrons. The molecule has 0 saturated heterocycles. The summed E-state index contributed by atoms with van der Waals surface area (Å²) in [5.74, 6) is 0.919. The van der Waals surface area contributed by atoms with Crippen molar-refractivity contribution in [2.45, 2.75) is 6.61 Å². The molecule has 0 bridgehead atoms. The minimum atomic E-state index is -0.363. The maximum absolute atomic E-state index is 11.8. The molecule has 0 aromatic heterocycles. The van der Waals surface area contributed by atoms with Gasteiger partial charge in [0.25, 0.3) is 5.91 Å². The van der Waals surface area contributed by atoms with Crippen molar-refractivity contribution in [2.24, 2.45) is 5.10 Å². The number of rotatable bonds is 8. The summed E-state index contributed by atoms with van der Waals surface area (Å²) in [5, 5.41) is 5.20. The van der Waals surface area contributed by atoms with E-state index in [1.54, 1.807) is 30.5 Å². The third-order valence-corrected chi connectivity index (χ3v) is 4.25. The average Bonchev–Trinajstić information content (AvgIpc) is 2.73. The van der Waals surface area contributed by atoms with Gasteiger partial charge in [-0.1, -0.05) is 35.3 Å². The van der Waals surface area contributed by atoms with Crippen LogP contribution in [0.25, 0.3) is 0 Å². The molecule has 0 aliphatic carbocycles. The van der Waals surface area contributed by atoms with Gasteiger partial charge in [-0.25, -0.2) is 5.43 Å². The van der Waals surface area contributed by atoms with E-state index >= 15 is 0 Å². The highest BCUT2D eigenvalue weighted by molar-refractivity contribution is 6.30. The molecule has 0 saturated carbocycles. The van der Waals surface area contributed by atoms with Crippen molar-refractivity contribution in [3.8, 4) is 11.5 Å². The molecule has 3 rings (SSSR count). The smallest absolute Gasteiger partial charge is 0.277 e. The summed E-state index contributed by atoms with van der Waals surface area (Å²) in [4.78, 5) is 11.8. The first kappa shape index (κ1) is 20.7. The van der Waals surface area contributed by atoms with Crippen LogP contribution in [0.5, 0.6) is 11.5 Å². The molecule has 7 heteroatoms. The molecule has 0 heterocycles. The summed E-state index contributed by atoms with van der Waals surface area (Å²) in [6.07, 6.45) is 1.54. The maximum atomic E-state index is 11.8. The van der Waals surface area contributed by atoms with Gasteiger partial charge in [-0.15, -0.1) is 0 Å². The SMILES string of the molecule is O=C(COc1ccc(Cl)cc1)N/N=C\c1ccc(OCc2cccc(Cl)c2)cc1. The van der Waals surface area contributed by atoms with Crippen LogP contribution in [0.4, 0.5) is 0 Å². The Bertz CT molecular complexity index is 974. The van der Waals surface area contributed by atoms with Crippen LogP contribution in [0.3, 0.4) is 0 Å². The largest absolute Gasteiger partial charge is 0.489 e. The van der Waals surface area contributed by atoms with Crippen molar-refractivity contribution in [3.63, 3.8) is 0 Å². The first-order chi connectivity index (χ1) is 14.1. The van der Waals surface area contributed by atoms with E-state index in [1.807, 2.05) is 48.5 Å². The van der Waals surface area contributed by atoms with Gasteiger partial charge >= 0.3 is 0 Å². The van der Waals surface area contributed by atoms with E-state index in [2.05, 4.69) is 10.5 Å². The van der Waals surface area contributed by atoms with Crippen molar-refractivity contribution >= 4 is 35.3 Å². The Balaban J connectivity index is 1.42. The summed E-state index contributed by atoms with van der Waals surface area (Å²) < 4.78 is 11.1. The van der Waals surface area contributed by atoms with E-state index in [0.29, 0.717) is 22.4 Å². The summed E-state index contributed by atoms with van der Waals surface area (Å²) in [6, 6.07) is 21.6. The number of nitrogens with zero attached hydrogens (tertiary/aromatic N) is 1. The van der Waals surface area contributed by atoms with Crippen LogP contribution >= 0.6 is 23.2 Å². The van der Waals surface area contributed by atoms with E-state index in [4.69, 9.17) is 32.7 Å². The zero-order valence-electron chi connectivity index (χ0n) is 15.3. The Labute approximate surface area is 178 Å². The lowest BCUT2D eigenvalue weighted by Crippen LogP contribution is -2.24. The number of carbonyl (C=O) groups excluding carboxylic acids is 1. The fraction of sp³-hybridized carbons (Fsp3) is 0.0909. The van der Waals surface area contributed by atoms with Crippen molar-refractivity contribution < 1.29 is 14.3 Å². The Hall–Kier alpha value is -3.02. The third kappa shape index (κ3) is 7.14. The zero-order valence-corrected chi connectivity index (χ0v) is 16.9. The lowest BCUT2D eigenvalue weighted by molar-refractivity contribution is -0.123. The number of carbonyl (C=O) groups is 1. The molecule has 0 aliphatic rings. The van der Waals surface area contributed by atoms with Gasteiger partial charge in [0.15, 0.2) is 6.61 Å². The van der Waals surface area contributed by atoms with Crippen LogP contribution in [-0.2, 0) is 11.4 Å². The Kier molecular flexibility index (Phi) is 7.50. The zero-order chi connectivity index (χ0) is 20.5. The van der Waals surface area contributed by atoms with E-state index in [9.17, 15) is 4.79 Å². The number of benzene rings is 3. The van der Waals surface area contributed by atoms with Gasteiger partial charge < -0.3 is 9.47 Å². The van der Waals surface area contributed by atoms with Crippen molar-refractivity contribution in [3.05, 3.63) is 94.0 Å². The van der Waals surface area contributed by atoms with Crippen LogP contribution in [0.2, 0.25) is 10.0 Å². The van der Waals surface area contributed by atoms with Gasteiger partial charge in [-0.2, -0.15) is 5.10 Å². The summed E-state index contributed by atoms with van der Waals surface area (Å²) >= 11 is 11.8. The number of nitrogens with one attached hydrogen (secondary N) is 1. The first-order valence-corrected chi connectivity index (χ1v) is 9.52. The molecule has 5 nitrogen and oxygen atoms in total. The van der Waals surface area contributed by atoms with E-state index < -0.39 is 0 Å². The second-order valence-electron chi connectivity index (χ2n) is 6.02. The number of hydrogen-bond donors (Lipinski definition) is 1. The minimum Gasteiger partial charge on any atom is -0.489 e. The fourth-order valence-electron chi connectivity index (χ4n) is 2.33. The molecule has 29 heavy (non-hydrogen) atoms. The standard InChI is InChI=1S/C22H18Cl2N2O3/c23-18-6-10-21(11-7-18)29-15-22(27)26-25-13-16-4-8-20(9-5-16)28-14-17-2-1-3-19(24)12-17/h1-13H,14-15H2,(H,26,27)/b25-13-. The minimum absolute atomic E-state index is 0.144. The van der Waals surface area contributed by atoms with Crippen LogP contribution < -0.4 is 14.9 Å². The van der Waals surface area contributed by atoms with Gasteiger partial charge in [0.05, 0.1) is 6.21 Å². The molecule has 0 atom stereocenters. The number of ether oxygens (including phenoxy) is 2. The van der Waals surface area contributed by atoms with Crippen molar-refractivity contribution in [1.29, 1.82) is 0 Å². The maximum Gasteiger partial charge on any atom is 0.277 e. The lowest BCUT2D eigenvalue weighted by atomic mass is 10.2. The highest BCUT2D eigenvalue weighted by atomic mass is 35.5. The van der Waals surface area contributed by atoms with Crippen LogP contribution in [0.15, 0.2) is 77.9 Å². The van der Waals surface area contributed by atoms with Crippen molar-refractivity contribution in [1.82, 2.24) is 5.43 Å². The van der Waals surface area contributed by atoms with Crippen LogP contribution in [0, 0.1) is 0 Å². The van der Waals surface area contributed by atoms with E-state index in [0.717, 1.165) is 16.9 Å². The molecule has 1 amide bonds. The molecule has 1 N–H and O–H groups in total.